The zero-order chi connectivity index (χ0) is 14.8. The number of aliphatic imine (C=N–C) groups is 1. The van der Waals surface area contributed by atoms with E-state index in [9.17, 15) is 4.79 Å². The number of rotatable bonds is 1. The van der Waals surface area contributed by atoms with Gasteiger partial charge in [0, 0.05) is 15.3 Å². The maximum Gasteiger partial charge on any atom is 0.230 e. The number of amides is 1. The van der Waals surface area contributed by atoms with E-state index in [0.717, 1.165) is 9.13 Å². The number of hydrogen-bond donors (Lipinski definition) is 1. The van der Waals surface area contributed by atoms with Crippen LogP contribution in [0.5, 0.6) is 0 Å². The molecule has 0 saturated carbocycles. The number of benzene rings is 1. The molecule has 0 fully saturated rings. The van der Waals surface area contributed by atoms with Gasteiger partial charge in [-0.05, 0) is 52.9 Å². The SMILES string of the molecule is N#Cc1cc(C2=Nc3ccc(I)cc3NC(=O)C2)ccn1. The average Bonchev–Trinajstić information content (AvgIpc) is 2.65. The summed E-state index contributed by atoms with van der Waals surface area (Å²) in [6, 6.07) is 11.1. The molecule has 0 unspecified atom stereocenters. The highest BCUT2D eigenvalue weighted by Crippen LogP contribution is 2.30. The third-order valence-electron chi connectivity index (χ3n) is 3.02. The van der Waals surface area contributed by atoms with Crippen molar-refractivity contribution in [2.75, 3.05) is 5.32 Å². The lowest BCUT2D eigenvalue weighted by molar-refractivity contribution is -0.115. The van der Waals surface area contributed by atoms with Gasteiger partial charge >= 0.3 is 0 Å². The van der Waals surface area contributed by atoms with E-state index in [-0.39, 0.29) is 12.3 Å². The number of carbonyl (C=O) groups is 1. The maximum absolute atomic E-state index is 12.0. The second kappa shape index (κ2) is 5.61. The topological polar surface area (TPSA) is 78.1 Å². The van der Waals surface area contributed by atoms with E-state index >= 15 is 0 Å². The molecule has 1 amide bonds. The number of pyridine rings is 1. The molecule has 2 aromatic rings. The Hall–Kier alpha value is -2.27. The van der Waals surface area contributed by atoms with Gasteiger partial charge in [-0.25, -0.2) is 4.98 Å². The highest BCUT2D eigenvalue weighted by atomic mass is 127. The summed E-state index contributed by atoms with van der Waals surface area (Å²) in [5.41, 5.74) is 3.10. The molecule has 1 N–H and O–H groups in total. The smallest absolute Gasteiger partial charge is 0.230 e. The van der Waals surface area contributed by atoms with Gasteiger partial charge in [-0.1, -0.05) is 0 Å². The standard InChI is InChI=1S/C15H9IN4O/c16-10-1-2-12-14(6-10)20-15(21)7-13(19-12)9-3-4-18-11(5-9)8-17/h1-6H,7H2,(H,20,21). The van der Waals surface area contributed by atoms with Gasteiger partial charge in [-0.2, -0.15) is 5.26 Å². The molecule has 0 atom stereocenters. The molecule has 21 heavy (non-hydrogen) atoms. The molecule has 102 valence electrons. The first-order valence-corrected chi connectivity index (χ1v) is 7.27. The van der Waals surface area contributed by atoms with Crippen LogP contribution in [0.4, 0.5) is 11.4 Å². The van der Waals surface area contributed by atoms with Crippen LogP contribution >= 0.6 is 22.6 Å². The Kier molecular flexibility index (Phi) is 3.66. The van der Waals surface area contributed by atoms with Crippen molar-refractivity contribution in [3.05, 3.63) is 51.4 Å². The molecular weight excluding hydrogens is 379 g/mol. The van der Waals surface area contributed by atoms with Gasteiger partial charge in [0.1, 0.15) is 11.8 Å². The van der Waals surface area contributed by atoms with Gasteiger partial charge < -0.3 is 5.32 Å². The Morgan fingerprint density at radius 2 is 2.14 bits per heavy atom. The van der Waals surface area contributed by atoms with Gasteiger partial charge in [0.15, 0.2) is 0 Å². The molecule has 0 spiro atoms. The third-order valence-corrected chi connectivity index (χ3v) is 3.69. The Labute approximate surface area is 134 Å². The summed E-state index contributed by atoms with van der Waals surface area (Å²) in [5.74, 6) is -0.121. The second-order valence-electron chi connectivity index (χ2n) is 4.49. The Balaban J connectivity index is 2.11. The summed E-state index contributed by atoms with van der Waals surface area (Å²) in [5, 5.41) is 11.8. The van der Waals surface area contributed by atoms with Crippen LogP contribution < -0.4 is 5.32 Å². The summed E-state index contributed by atoms with van der Waals surface area (Å²) >= 11 is 2.19. The van der Waals surface area contributed by atoms with Gasteiger partial charge in [-0.3, -0.25) is 9.79 Å². The number of hydrogen-bond acceptors (Lipinski definition) is 4. The van der Waals surface area contributed by atoms with Crippen LogP contribution in [0, 0.1) is 14.9 Å². The minimum atomic E-state index is -0.121. The maximum atomic E-state index is 12.0. The number of anilines is 1. The number of nitriles is 1. The monoisotopic (exact) mass is 388 g/mol. The van der Waals surface area contributed by atoms with E-state index in [1.807, 2.05) is 24.3 Å². The van der Waals surface area contributed by atoms with Crippen molar-refractivity contribution in [2.24, 2.45) is 4.99 Å². The molecule has 3 rings (SSSR count). The van der Waals surface area contributed by atoms with E-state index in [0.29, 0.717) is 22.8 Å². The van der Waals surface area contributed by atoms with Crippen LogP contribution in [0.3, 0.4) is 0 Å². The summed E-state index contributed by atoms with van der Waals surface area (Å²) in [6.07, 6.45) is 1.72. The lowest BCUT2D eigenvalue weighted by Gasteiger charge is -2.04. The fourth-order valence-corrected chi connectivity index (χ4v) is 2.57. The van der Waals surface area contributed by atoms with Gasteiger partial charge in [0.25, 0.3) is 0 Å². The first-order chi connectivity index (χ1) is 10.2. The van der Waals surface area contributed by atoms with E-state index in [2.05, 4.69) is 37.9 Å². The molecule has 1 aromatic carbocycles. The van der Waals surface area contributed by atoms with E-state index in [1.165, 1.54) is 0 Å². The fraction of sp³-hybridized carbons (Fsp3) is 0.0667. The third kappa shape index (κ3) is 2.92. The Morgan fingerprint density at radius 3 is 2.95 bits per heavy atom. The van der Waals surface area contributed by atoms with Crippen LogP contribution in [-0.4, -0.2) is 16.6 Å². The summed E-state index contributed by atoms with van der Waals surface area (Å²) in [4.78, 5) is 20.5. The number of fused-ring (bicyclic) bond motifs is 1. The van der Waals surface area contributed by atoms with Crippen molar-refractivity contribution in [2.45, 2.75) is 6.42 Å². The van der Waals surface area contributed by atoms with E-state index in [1.54, 1.807) is 18.3 Å². The number of nitrogens with one attached hydrogen (secondary N) is 1. The van der Waals surface area contributed by atoms with Crippen molar-refractivity contribution < 1.29 is 4.79 Å². The lowest BCUT2D eigenvalue weighted by atomic mass is 10.1. The number of aromatic nitrogens is 1. The normalized spacial score (nSPS) is 13.5. The molecule has 1 aliphatic heterocycles. The molecule has 1 aromatic heterocycles. The van der Waals surface area contributed by atoms with Crippen LogP contribution in [0.25, 0.3) is 0 Å². The fourth-order valence-electron chi connectivity index (χ4n) is 2.08. The second-order valence-corrected chi connectivity index (χ2v) is 5.73. The Morgan fingerprint density at radius 1 is 1.29 bits per heavy atom. The molecule has 0 saturated heterocycles. The van der Waals surface area contributed by atoms with E-state index < -0.39 is 0 Å². The molecule has 1 aliphatic rings. The van der Waals surface area contributed by atoms with Crippen molar-refractivity contribution in [3.63, 3.8) is 0 Å². The summed E-state index contributed by atoms with van der Waals surface area (Å²) < 4.78 is 1.03. The zero-order valence-electron chi connectivity index (χ0n) is 10.8. The predicted molar refractivity (Wildman–Crippen MR) is 87.6 cm³/mol. The van der Waals surface area contributed by atoms with Crippen molar-refractivity contribution in [1.82, 2.24) is 4.98 Å². The predicted octanol–water partition coefficient (Wildman–Crippen LogP) is 3.02. The number of halogens is 1. The van der Waals surface area contributed by atoms with Crippen LogP contribution in [0.2, 0.25) is 0 Å². The average molecular weight is 388 g/mol. The van der Waals surface area contributed by atoms with Gasteiger partial charge in [0.2, 0.25) is 5.91 Å². The van der Waals surface area contributed by atoms with Crippen molar-refractivity contribution in [1.29, 1.82) is 5.26 Å². The number of nitrogens with zero attached hydrogens (tertiary/aromatic N) is 3. The highest BCUT2D eigenvalue weighted by molar-refractivity contribution is 14.1. The Bertz CT molecular complexity index is 808. The molecule has 5 nitrogen and oxygen atoms in total. The lowest BCUT2D eigenvalue weighted by Crippen LogP contribution is -2.15. The zero-order valence-corrected chi connectivity index (χ0v) is 13.0. The van der Waals surface area contributed by atoms with Crippen LogP contribution in [-0.2, 0) is 4.79 Å². The number of carbonyl (C=O) groups excluding carboxylic acids is 1. The summed E-state index contributed by atoms with van der Waals surface area (Å²) in [6.45, 7) is 0. The van der Waals surface area contributed by atoms with Crippen molar-refractivity contribution >= 4 is 45.6 Å². The molecule has 6 heteroatoms. The molecular formula is C15H9IN4O. The van der Waals surface area contributed by atoms with Gasteiger partial charge in [-0.15, -0.1) is 0 Å². The molecule has 0 bridgehead atoms. The van der Waals surface area contributed by atoms with Crippen LogP contribution in [0.15, 0.2) is 41.5 Å². The molecule has 0 radical (unpaired) electrons. The van der Waals surface area contributed by atoms with E-state index in [4.69, 9.17) is 5.26 Å². The first-order valence-electron chi connectivity index (χ1n) is 6.19. The largest absolute Gasteiger partial charge is 0.324 e. The molecule has 2 heterocycles. The highest BCUT2D eigenvalue weighted by Gasteiger charge is 2.17. The van der Waals surface area contributed by atoms with Crippen LogP contribution in [0.1, 0.15) is 17.7 Å². The van der Waals surface area contributed by atoms with Gasteiger partial charge in [0.05, 0.1) is 23.5 Å². The minimum Gasteiger partial charge on any atom is -0.324 e. The quantitative estimate of drug-likeness (QED) is 0.763. The molecule has 0 aliphatic carbocycles. The summed E-state index contributed by atoms with van der Waals surface area (Å²) in [7, 11) is 0. The van der Waals surface area contributed by atoms with Crippen molar-refractivity contribution in [3.8, 4) is 6.07 Å². The first kappa shape index (κ1) is 13.7. The minimum absolute atomic E-state index is 0.121.